The molecule has 1 fully saturated rings. The van der Waals surface area contributed by atoms with Gasteiger partial charge in [-0.15, -0.1) is 0 Å². The van der Waals surface area contributed by atoms with Gasteiger partial charge in [-0.05, 0) is 36.8 Å². The van der Waals surface area contributed by atoms with Crippen LogP contribution in [0, 0.1) is 7.05 Å². The molecule has 0 atom stereocenters. The summed E-state index contributed by atoms with van der Waals surface area (Å²) in [6.45, 7) is 4.09. The predicted molar refractivity (Wildman–Crippen MR) is 68.8 cm³/mol. The fourth-order valence-electron chi connectivity index (χ4n) is 2.06. The summed E-state index contributed by atoms with van der Waals surface area (Å²) in [5.74, 6) is 1.15. The Balaban J connectivity index is 1.94. The van der Waals surface area contributed by atoms with Gasteiger partial charge >= 0.3 is 0 Å². The Morgan fingerprint density at radius 3 is 2.69 bits per heavy atom. The number of rotatable bonds is 1. The van der Waals surface area contributed by atoms with Gasteiger partial charge in [0.05, 0.1) is 4.70 Å². The highest BCUT2D eigenvalue weighted by Gasteiger charge is 2.16. The second-order valence-electron chi connectivity index (χ2n) is 4.11. The summed E-state index contributed by atoms with van der Waals surface area (Å²) >= 11 is 1.59. The standard InChI is InChI=1S/C12H14N3S/c1-14-6-8-15(9-7-14)12-10-4-2-3-5-11(10)16-13-12/h2-5H,1,6-9H2/q-1. The third-order valence-electron chi connectivity index (χ3n) is 3.03. The van der Waals surface area contributed by atoms with Gasteiger partial charge in [0.2, 0.25) is 0 Å². The zero-order valence-corrected chi connectivity index (χ0v) is 9.91. The van der Waals surface area contributed by atoms with Crippen LogP contribution in [-0.4, -0.2) is 35.5 Å². The van der Waals surface area contributed by atoms with E-state index in [-0.39, 0.29) is 0 Å². The molecule has 0 aliphatic carbocycles. The molecule has 1 aromatic carbocycles. The highest BCUT2D eigenvalue weighted by molar-refractivity contribution is 7.13. The monoisotopic (exact) mass is 232 g/mol. The lowest BCUT2D eigenvalue weighted by atomic mass is 10.2. The molecule has 0 radical (unpaired) electrons. The van der Waals surface area contributed by atoms with Crippen molar-refractivity contribution in [2.24, 2.45) is 0 Å². The average molecular weight is 232 g/mol. The molecule has 0 saturated carbocycles. The van der Waals surface area contributed by atoms with Gasteiger partial charge in [-0.25, -0.2) is 0 Å². The maximum absolute atomic E-state index is 4.57. The molecule has 0 unspecified atom stereocenters. The molecule has 0 N–H and O–H groups in total. The summed E-state index contributed by atoms with van der Waals surface area (Å²) in [5.41, 5.74) is 0. The molecule has 84 valence electrons. The predicted octanol–water partition coefficient (Wildman–Crippen LogP) is 2.21. The van der Waals surface area contributed by atoms with Crippen molar-refractivity contribution in [2.75, 3.05) is 31.1 Å². The summed E-state index contributed by atoms with van der Waals surface area (Å²) < 4.78 is 5.85. The highest BCUT2D eigenvalue weighted by Crippen LogP contribution is 2.29. The first kappa shape index (κ1) is 10.1. The van der Waals surface area contributed by atoms with E-state index in [4.69, 9.17) is 0 Å². The van der Waals surface area contributed by atoms with E-state index in [0.29, 0.717) is 0 Å². The van der Waals surface area contributed by atoms with Gasteiger partial charge in [0.25, 0.3) is 0 Å². The van der Waals surface area contributed by atoms with Gasteiger partial charge < -0.3 is 9.80 Å². The third-order valence-corrected chi connectivity index (χ3v) is 3.85. The largest absolute Gasteiger partial charge is 0.456 e. The van der Waals surface area contributed by atoms with Crippen LogP contribution in [0.3, 0.4) is 0 Å². The zero-order valence-electron chi connectivity index (χ0n) is 9.09. The topological polar surface area (TPSA) is 19.4 Å². The Morgan fingerprint density at radius 2 is 1.88 bits per heavy atom. The van der Waals surface area contributed by atoms with E-state index >= 15 is 0 Å². The van der Waals surface area contributed by atoms with E-state index in [0.717, 1.165) is 32.0 Å². The number of anilines is 1. The number of hydrogen-bond acceptors (Lipinski definition) is 4. The molecule has 2 aromatic rings. The van der Waals surface area contributed by atoms with Crippen LogP contribution < -0.4 is 4.90 Å². The molecular formula is C12H14N3S-. The van der Waals surface area contributed by atoms with Gasteiger partial charge in [-0.3, -0.25) is 7.05 Å². The van der Waals surface area contributed by atoms with Crippen LogP contribution in [0.1, 0.15) is 0 Å². The van der Waals surface area contributed by atoms with Crippen LogP contribution in [0.15, 0.2) is 24.3 Å². The van der Waals surface area contributed by atoms with Gasteiger partial charge in [0, 0.05) is 18.5 Å². The lowest BCUT2D eigenvalue weighted by Crippen LogP contribution is -2.43. The molecule has 16 heavy (non-hydrogen) atoms. The first-order valence-electron chi connectivity index (χ1n) is 5.49. The molecule has 2 heterocycles. The van der Waals surface area contributed by atoms with E-state index in [2.05, 4.69) is 45.5 Å². The average Bonchev–Trinajstić information content (AvgIpc) is 2.74. The van der Waals surface area contributed by atoms with Crippen molar-refractivity contribution in [1.82, 2.24) is 9.27 Å². The Kier molecular flexibility index (Phi) is 2.53. The Labute approximate surface area is 99.5 Å². The van der Waals surface area contributed by atoms with E-state index in [1.807, 2.05) is 0 Å². The molecule has 1 aliphatic rings. The fourth-order valence-corrected chi connectivity index (χ4v) is 2.86. The summed E-state index contributed by atoms with van der Waals surface area (Å²) in [6, 6.07) is 8.44. The third kappa shape index (κ3) is 1.68. The zero-order chi connectivity index (χ0) is 11.0. The maximum atomic E-state index is 4.57. The van der Waals surface area contributed by atoms with Crippen molar-refractivity contribution < 1.29 is 0 Å². The van der Waals surface area contributed by atoms with E-state index in [9.17, 15) is 0 Å². The normalized spacial score (nSPS) is 18.2. The second-order valence-corrected chi connectivity index (χ2v) is 4.91. The van der Waals surface area contributed by atoms with Crippen LogP contribution in [0.25, 0.3) is 10.1 Å². The highest BCUT2D eigenvalue weighted by atomic mass is 32.1. The van der Waals surface area contributed by atoms with Crippen molar-refractivity contribution in [1.29, 1.82) is 0 Å². The number of nitrogens with zero attached hydrogens (tertiary/aromatic N) is 3. The van der Waals surface area contributed by atoms with Crippen LogP contribution in [0.4, 0.5) is 5.82 Å². The molecule has 1 aliphatic heterocycles. The molecule has 4 heteroatoms. The summed E-state index contributed by atoms with van der Waals surface area (Å²) in [6.07, 6.45) is 0. The minimum Gasteiger partial charge on any atom is -0.456 e. The number of piperazine rings is 1. The van der Waals surface area contributed by atoms with Gasteiger partial charge in [-0.2, -0.15) is 4.37 Å². The molecule has 0 bridgehead atoms. The first-order chi connectivity index (χ1) is 7.84. The summed E-state index contributed by atoms with van der Waals surface area (Å²) in [4.78, 5) is 4.48. The van der Waals surface area contributed by atoms with Crippen molar-refractivity contribution in [3.8, 4) is 0 Å². The van der Waals surface area contributed by atoms with Crippen molar-refractivity contribution in [2.45, 2.75) is 0 Å². The van der Waals surface area contributed by atoms with E-state index in [1.54, 1.807) is 11.5 Å². The minimum absolute atomic E-state index is 1.02. The number of hydrogen-bond donors (Lipinski definition) is 0. The fraction of sp³-hybridized carbons (Fsp3) is 0.333. The van der Waals surface area contributed by atoms with Crippen LogP contribution in [-0.2, 0) is 0 Å². The molecular weight excluding hydrogens is 218 g/mol. The SMILES string of the molecule is [CH2-]N1CCN(c2nsc3ccccc23)CC1. The molecule has 3 nitrogen and oxygen atoms in total. The molecule has 1 saturated heterocycles. The van der Waals surface area contributed by atoms with Crippen molar-refractivity contribution in [3.63, 3.8) is 0 Å². The summed E-state index contributed by atoms with van der Waals surface area (Å²) in [5, 5.41) is 1.28. The smallest absolute Gasteiger partial charge is 0.150 e. The Bertz CT molecular complexity index is 486. The minimum atomic E-state index is 1.02. The molecule has 1 aromatic heterocycles. The van der Waals surface area contributed by atoms with E-state index < -0.39 is 0 Å². The summed E-state index contributed by atoms with van der Waals surface area (Å²) in [7, 11) is 3.96. The van der Waals surface area contributed by atoms with E-state index in [1.165, 1.54) is 10.1 Å². The quantitative estimate of drug-likeness (QED) is 0.703. The number of aromatic nitrogens is 1. The van der Waals surface area contributed by atoms with Crippen LogP contribution in [0.5, 0.6) is 0 Å². The molecule has 0 amide bonds. The molecule has 3 rings (SSSR count). The Hall–Kier alpha value is -1.13. The number of benzene rings is 1. The number of fused-ring (bicyclic) bond motifs is 1. The maximum Gasteiger partial charge on any atom is 0.150 e. The Morgan fingerprint density at radius 1 is 1.12 bits per heavy atom. The van der Waals surface area contributed by atoms with Gasteiger partial charge in [-0.1, -0.05) is 12.1 Å². The van der Waals surface area contributed by atoms with Gasteiger partial charge in [0.15, 0.2) is 0 Å². The lowest BCUT2D eigenvalue weighted by Gasteiger charge is -2.37. The van der Waals surface area contributed by atoms with Crippen molar-refractivity contribution in [3.05, 3.63) is 31.3 Å². The van der Waals surface area contributed by atoms with Crippen LogP contribution >= 0.6 is 11.5 Å². The van der Waals surface area contributed by atoms with Crippen LogP contribution in [0.2, 0.25) is 0 Å². The lowest BCUT2D eigenvalue weighted by molar-refractivity contribution is 0.344. The first-order valence-corrected chi connectivity index (χ1v) is 6.27. The molecule has 0 spiro atoms. The second kappa shape index (κ2) is 4.03. The van der Waals surface area contributed by atoms with Gasteiger partial charge in [0.1, 0.15) is 5.82 Å². The van der Waals surface area contributed by atoms with Crippen molar-refractivity contribution >= 4 is 27.4 Å².